The van der Waals surface area contributed by atoms with Gasteiger partial charge in [-0.3, -0.25) is 0 Å². The van der Waals surface area contributed by atoms with Crippen LogP contribution >= 0.6 is 11.3 Å². The van der Waals surface area contributed by atoms with Gasteiger partial charge in [0.15, 0.2) is 0 Å². The molecule has 0 bridgehead atoms. The number of nitrogens with one attached hydrogen (secondary N) is 2. The molecule has 2 aromatic rings. The van der Waals surface area contributed by atoms with Crippen LogP contribution in [0.1, 0.15) is 17.7 Å². The lowest BCUT2D eigenvalue weighted by atomic mass is 10.3. The minimum Gasteiger partial charge on any atom is -0.396 e. The number of fused-ring (bicyclic) bond motifs is 1. The van der Waals surface area contributed by atoms with Crippen LogP contribution in [0, 0.1) is 6.92 Å². The fourth-order valence-corrected chi connectivity index (χ4v) is 2.61. The largest absolute Gasteiger partial charge is 0.396 e. The van der Waals surface area contributed by atoms with Crippen LogP contribution in [-0.4, -0.2) is 35.3 Å². The van der Waals surface area contributed by atoms with Gasteiger partial charge in [-0.15, -0.1) is 11.3 Å². The Kier molecular flexibility index (Phi) is 4.33. The normalized spacial score (nSPS) is 10.8. The van der Waals surface area contributed by atoms with E-state index in [9.17, 15) is 0 Å². The van der Waals surface area contributed by atoms with Crippen molar-refractivity contribution in [3.05, 3.63) is 10.9 Å². The molecule has 0 radical (unpaired) electrons. The van der Waals surface area contributed by atoms with Crippen molar-refractivity contribution >= 4 is 33.3 Å². The minimum atomic E-state index is 0.236. The molecule has 0 aliphatic rings. The second-order valence-corrected chi connectivity index (χ2v) is 5.31. The molecule has 0 atom stereocenters. The molecule has 2 heterocycles. The topological polar surface area (TPSA) is 70.1 Å². The van der Waals surface area contributed by atoms with E-state index in [2.05, 4.69) is 33.6 Å². The van der Waals surface area contributed by atoms with E-state index in [0.29, 0.717) is 5.95 Å². The number of hydrogen-bond acceptors (Lipinski definition) is 6. The molecule has 2 rings (SSSR count). The van der Waals surface area contributed by atoms with Crippen molar-refractivity contribution in [2.45, 2.75) is 19.8 Å². The fraction of sp³-hybridized carbons (Fsp3) is 0.500. The van der Waals surface area contributed by atoms with Gasteiger partial charge in [-0.2, -0.15) is 4.98 Å². The van der Waals surface area contributed by atoms with Crippen molar-refractivity contribution in [1.29, 1.82) is 0 Å². The molecule has 0 amide bonds. The van der Waals surface area contributed by atoms with Crippen molar-refractivity contribution in [3.8, 4) is 0 Å². The highest BCUT2D eigenvalue weighted by Crippen LogP contribution is 2.29. The quantitative estimate of drug-likeness (QED) is 0.699. The number of aryl methyl sites for hydroxylation is 1. The highest BCUT2D eigenvalue weighted by atomic mass is 32.1. The van der Waals surface area contributed by atoms with Crippen LogP contribution in [0.3, 0.4) is 0 Å². The van der Waals surface area contributed by atoms with E-state index in [1.807, 2.05) is 7.05 Å². The summed E-state index contributed by atoms with van der Waals surface area (Å²) in [5.74, 6) is 1.50. The second-order valence-electron chi connectivity index (χ2n) is 4.08. The van der Waals surface area contributed by atoms with E-state index in [1.54, 1.807) is 11.3 Å². The standard InChI is InChI=1S/C12H18N4OS/c1-8-7-9-10(14-5-3-4-6-17)15-12(13-2)16-11(9)18-8/h7,17H,3-6H2,1-2H3,(H2,13,14,15,16). The maximum absolute atomic E-state index is 8.76. The lowest BCUT2D eigenvalue weighted by Gasteiger charge is -2.07. The molecule has 6 heteroatoms. The number of unbranched alkanes of at least 4 members (excludes halogenated alkanes) is 1. The smallest absolute Gasteiger partial charge is 0.225 e. The highest BCUT2D eigenvalue weighted by molar-refractivity contribution is 7.18. The van der Waals surface area contributed by atoms with Crippen LogP contribution in [-0.2, 0) is 0 Å². The Labute approximate surface area is 110 Å². The zero-order valence-electron chi connectivity index (χ0n) is 10.7. The molecular weight excluding hydrogens is 248 g/mol. The number of anilines is 2. The molecule has 0 fully saturated rings. The average Bonchev–Trinajstić information content (AvgIpc) is 2.74. The first-order chi connectivity index (χ1) is 8.74. The summed E-state index contributed by atoms with van der Waals surface area (Å²) >= 11 is 1.67. The Balaban J connectivity index is 2.23. The number of hydrogen-bond donors (Lipinski definition) is 3. The molecule has 18 heavy (non-hydrogen) atoms. The van der Waals surface area contributed by atoms with Crippen LogP contribution < -0.4 is 10.6 Å². The van der Waals surface area contributed by atoms with Gasteiger partial charge < -0.3 is 15.7 Å². The van der Waals surface area contributed by atoms with Gasteiger partial charge >= 0.3 is 0 Å². The number of aliphatic hydroxyl groups is 1. The first kappa shape index (κ1) is 13.0. The molecule has 0 aliphatic heterocycles. The summed E-state index contributed by atoms with van der Waals surface area (Å²) < 4.78 is 0. The van der Waals surface area contributed by atoms with Crippen molar-refractivity contribution in [2.75, 3.05) is 30.8 Å². The van der Waals surface area contributed by atoms with Gasteiger partial charge in [-0.25, -0.2) is 4.98 Å². The van der Waals surface area contributed by atoms with Crippen LogP contribution in [0.4, 0.5) is 11.8 Å². The maximum Gasteiger partial charge on any atom is 0.225 e. The maximum atomic E-state index is 8.76. The average molecular weight is 266 g/mol. The second kappa shape index (κ2) is 5.97. The van der Waals surface area contributed by atoms with E-state index in [1.165, 1.54) is 4.88 Å². The Morgan fingerprint density at radius 1 is 1.33 bits per heavy atom. The predicted molar refractivity (Wildman–Crippen MR) is 76.5 cm³/mol. The van der Waals surface area contributed by atoms with Gasteiger partial charge in [-0.05, 0) is 25.8 Å². The molecule has 0 aromatic carbocycles. The highest BCUT2D eigenvalue weighted by Gasteiger charge is 2.09. The van der Waals surface area contributed by atoms with Gasteiger partial charge in [0.25, 0.3) is 0 Å². The third-order valence-corrected chi connectivity index (χ3v) is 3.56. The van der Waals surface area contributed by atoms with Crippen molar-refractivity contribution in [3.63, 3.8) is 0 Å². The lowest BCUT2D eigenvalue weighted by Crippen LogP contribution is -2.06. The first-order valence-corrected chi connectivity index (χ1v) is 6.87. The lowest BCUT2D eigenvalue weighted by molar-refractivity contribution is 0.286. The zero-order chi connectivity index (χ0) is 13.0. The Bertz CT molecular complexity index is 526. The van der Waals surface area contributed by atoms with Crippen molar-refractivity contribution < 1.29 is 5.11 Å². The summed E-state index contributed by atoms with van der Waals surface area (Å²) in [5.41, 5.74) is 0. The van der Waals surface area contributed by atoms with Crippen LogP contribution in [0.15, 0.2) is 6.07 Å². The van der Waals surface area contributed by atoms with Crippen LogP contribution in [0.5, 0.6) is 0 Å². The molecule has 0 saturated heterocycles. The fourth-order valence-electron chi connectivity index (χ4n) is 1.73. The van der Waals surface area contributed by atoms with Gasteiger partial charge in [-0.1, -0.05) is 0 Å². The third-order valence-electron chi connectivity index (χ3n) is 2.62. The molecule has 98 valence electrons. The Morgan fingerprint density at radius 2 is 2.17 bits per heavy atom. The number of thiophene rings is 1. The van der Waals surface area contributed by atoms with Gasteiger partial charge in [0.2, 0.25) is 5.95 Å². The summed E-state index contributed by atoms with van der Waals surface area (Å²) in [6.45, 7) is 3.12. The molecule has 0 aliphatic carbocycles. The summed E-state index contributed by atoms with van der Waals surface area (Å²) in [6.07, 6.45) is 1.74. The molecule has 0 saturated carbocycles. The van der Waals surface area contributed by atoms with E-state index in [-0.39, 0.29) is 6.61 Å². The number of nitrogens with zero attached hydrogens (tertiary/aromatic N) is 2. The number of rotatable bonds is 6. The van der Waals surface area contributed by atoms with E-state index >= 15 is 0 Å². The van der Waals surface area contributed by atoms with E-state index in [4.69, 9.17) is 5.11 Å². The molecule has 2 aromatic heterocycles. The first-order valence-electron chi connectivity index (χ1n) is 6.05. The molecule has 3 N–H and O–H groups in total. The van der Waals surface area contributed by atoms with Crippen LogP contribution in [0.2, 0.25) is 0 Å². The van der Waals surface area contributed by atoms with Crippen molar-refractivity contribution in [1.82, 2.24) is 9.97 Å². The summed E-state index contributed by atoms with van der Waals surface area (Å²) in [6, 6.07) is 2.10. The zero-order valence-corrected chi connectivity index (χ0v) is 11.5. The van der Waals surface area contributed by atoms with Crippen LogP contribution in [0.25, 0.3) is 10.2 Å². The monoisotopic (exact) mass is 266 g/mol. The third kappa shape index (κ3) is 2.88. The van der Waals surface area contributed by atoms with E-state index < -0.39 is 0 Å². The molecule has 0 unspecified atom stereocenters. The van der Waals surface area contributed by atoms with Gasteiger partial charge in [0.05, 0.1) is 5.39 Å². The number of aliphatic hydroxyl groups excluding tert-OH is 1. The van der Waals surface area contributed by atoms with E-state index in [0.717, 1.165) is 35.4 Å². The summed E-state index contributed by atoms with van der Waals surface area (Å²) in [4.78, 5) is 11.1. The Morgan fingerprint density at radius 3 is 2.89 bits per heavy atom. The minimum absolute atomic E-state index is 0.236. The molecule has 0 spiro atoms. The van der Waals surface area contributed by atoms with Gasteiger partial charge in [0.1, 0.15) is 10.6 Å². The predicted octanol–water partition coefficient (Wildman–Crippen LogP) is 2.23. The van der Waals surface area contributed by atoms with Gasteiger partial charge in [0, 0.05) is 25.1 Å². The molecule has 5 nitrogen and oxygen atoms in total. The molecular formula is C12H18N4OS. The SMILES string of the molecule is CNc1nc(NCCCCO)c2cc(C)sc2n1. The van der Waals surface area contributed by atoms with Crippen molar-refractivity contribution in [2.24, 2.45) is 0 Å². The Hall–Kier alpha value is -1.40. The number of aromatic nitrogens is 2. The summed E-state index contributed by atoms with van der Waals surface area (Å²) in [7, 11) is 1.82. The summed E-state index contributed by atoms with van der Waals surface area (Å²) in [5, 5.41) is 16.1.